The van der Waals surface area contributed by atoms with E-state index in [1.54, 1.807) is 0 Å². The summed E-state index contributed by atoms with van der Waals surface area (Å²) in [6, 6.07) is 17.7. The molecule has 0 N–H and O–H groups in total. The molecule has 2 aromatic carbocycles. The standard InChI is InChI=1S/C29H37N3O/c1-23(32-18-14-24-10-4-5-11-29(24)32)26-20-25-21-27(12-13-28(25)30-22-26)33-19-9-3-8-17-31-15-6-2-7-16-31/h4-5,10-13,20-23H,2-3,6-9,14-19H2,1H3/t23-/m1/s1. The van der Waals surface area contributed by atoms with Crippen LogP contribution < -0.4 is 9.64 Å². The first-order valence-corrected chi connectivity index (χ1v) is 12.9. The number of hydrogen-bond donors (Lipinski definition) is 0. The number of pyridine rings is 1. The van der Waals surface area contributed by atoms with E-state index in [9.17, 15) is 0 Å². The summed E-state index contributed by atoms with van der Waals surface area (Å²) in [7, 11) is 0. The van der Waals surface area contributed by atoms with Gasteiger partial charge >= 0.3 is 0 Å². The van der Waals surface area contributed by atoms with Crippen LogP contribution in [0.5, 0.6) is 5.75 Å². The number of aromatic nitrogens is 1. The Morgan fingerprint density at radius 3 is 2.73 bits per heavy atom. The van der Waals surface area contributed by atoms with Crippen LogP contribution in [0.2, 0.25) is 0 Å². The molecule has 1 aromatic heterocycles. The summed E-state index contributed by atoms with van der Waals surface area (Å²) in [6.07, 6.45) is 11.0. The van der Waals surface area contributed by atoms with Gasteiger partial charge in [-0.3, -0.25) is 4.98 Å². The first-order valence-electron chi connectivity index (χ1n) is 12.9. The molecular formula is C29H37N3O. The van der Waals surface area contributed by atoms with Crippen LogP contribution >= 0.6 is 0 Å². The minimum Gasteiger partial charge on any atom is -0.494 e. The summed E-state index contributed by atoms with van der Waals surface area (Å²) in [6.45, 7) is 8.00. The van der Waals surface area contributed by atoms with Crippen molar-refractivity contribution in [2.45, 2.75) is 57.9 Å². The smallest absolute Gasteiger partial charge is 0.120 e. The lowest BCUT2D eigenvalue weighted by Crippen LogP contribution is -2.30. The Kier molecular flexibility index (Phi) is 7.11. The van der Waals surface area contributed by atoms with E-state index in [1.165, 1.54) is 68.6 Å². The third-order valence-electron chi connectivity index (χ3n) is 7.38. The molecule has 0 aliphatic carbocycles. The highest BCUT2D eigenvalue weighted by molar-refractivity contribution is 5.80. The number of unbranched alkanes of at least 4 members (excludes halogenated alkanes) is 2. The minimum absolute atomic E-state index is 0.301. The predicted molar refractivity (Wildman–Crippen MR) is 137 cm³/mol. The highest BCUT2D eigenvalue weighted by Crippen LogP contribution is 2.35. The summed E-state index contributed by atoms with van der Waals surface area (Å²) >= 11 is 0. The van der Waals surface area contributed by atoms with Crippen molar-refractivity contribution >= 4 is 16.6 Å². The molecule has 0 radical (unpaired) electrons. The van der Waals surface area contributed by atoms with Crippen molar-refractivity contribution in [2.75, 3.05) is 37.7 Å². The first-order chi connectivity index (χ1) is 16.3. The number of para-hydroxylation sites is 1. The summed E-state index contributed by atoms with van der Waals surface area (Å²) in [5.41, 5.74) is 5.10. The van der Waals surface area contributed by atoms with Crippen molar-refractivity contribution in [1.29, 1.82) is 0 Å². The number of hydrogen-bond acceptors (Lipinski definition) is 4. The molecule has 174 valence electrons. The number of anilines is 1. The summed E-state index contributed by atoms with van der Waals surface area (Å²) in [5, 5.41) is 1.16. The summed E-state index contributed by atoms with van der Waals surface area (Å²) in [5.74, 6) is 0.955. The maximum absolute atomic E-state index is 6.10. The molecule has 3 heterocycles. The van der Waals surface area contributed by atoms with E-state index in [0.717, 1.165) is 42.6 Å². The molecule has 0 bridgehead atoms. The Labute approximate surface area is 198 Å². The van der Waals surface area contributed by atoms with E-state index < -0.39 is 0 Å². The van der Waals surface area contributed by atoms with Crippen molar-refractivity contribution in [2.24, 2.45) is 0 Å². The lowest BCUT2D eigenvalue weighted by atomic mass is 10.1. The second-order valence-corrected chi connectivity index (χ2v) is 9.68. The SMILES string of the molecule is C[C@H](c1cnc2ccc(OCCCCCN3CCCCC3)cc2c1)N1CCc2ccccc21. The molecule has 0 amide bonds. The van der Waals surface area contributed by atoms with Crippen LogP contribution in [-0.2, 0) is 6.42 Å². The zero-order chi connectivity index (χ0) is 22.5. The second kappa shape index (κ2) is 10.6. The van der Waals surface area contributed by atoms with Crippen LogP contribution in [0.3, 0.4) is 0 Å². The van der Waals surface area contributed by atoms with Crippen LogP contribution in [0.25, 0.3) is 10.9 Å². The third-order valence-corrected chi connectivity index (χ3v) is 7.38. The Morgan fingerprint density at radius 1 is 0.939 bits per heavy atom. The lowest BCUT2D eigenvalue weighted by Gasteiger charge is -2.27. The van der Waals surface area contributed by atoms with Crippen molar-refractivity contribution in [3.8, 4) is 5.75 Å². The van der Waals surface area contributed by atoms with E-state index in [2.05, 4.69) is 65.3 Å². The molecule has 2 aliphatic heterocycles. The van der Waals surface area contributed by atoms with Crippen molar-refractivity contribution < 1.29 is 4.74 Å². The molecule has 0 saturated carbocycles. The molecular weight excluding hydrogens is 406 g/mol. The van der Waals surface area contributed by atoms with Gasteiger partial charge in [-0.25, -0.2) is 0 Å². The van der Waals surface area contributed by atoms with E-state index in [4.69, 9.17) is 9.72 Å². The fourth-order valence-corrected chi connectivity index (χ4v) is 5.38. The maximum atomic E-state index is 6.10. The van der Waals surface area contributed by atoms with E-state index in [0.29, 0.717) is 6.04 Å². The van der Waals surface area contributed by atoms with Gasteiger partial charge in [0.05, 0.1) is 18.2 Å². The number of piperidine rings is 1. The molecule has 1 atom stereocenters. The average molecular weight is 444 g/mol. The Balaban J connectivity index is 1.16. The molecule has 0 spiro atoms. The van der Waals surface area contributed by atoms with Gasteiger partial charge in [-0.05, 0) is 107 Å². The second-order valence-electron chi connectivity index (χ2n) is 9.68. The lowest BCUT2D eigenvalue weighted by molar-refractivity contribution is 0.221. The van der Waals surface area contributed by atoms with Crippen LogP contribution in [0, 0.1) is 0 Å². The zero-order valence-electron chi connectivity index (χ0n) is 20.0. The maximum Gasteiger partial charge on any atom is 0.120 e. The van der Waals surface area contributed by atoms with Crippen LogP contribution in [0.4, 0.5) is 5.69 Å². The van der Waals surface area contributed by atoms with E-state index >= 15 is 0 Å². The van der Waals surface area contributed by atoms with Gasteiger partial charge in [-0.2, -0.15) is 0 Å². The van der Waals surface area contributed by atoms with Crippen LogP contribution in [0.1, 0.15) is 62.6 Å². The van der Waals surface area contributed by atoms with Crippen molar-refractivity contribution in [1.82, 2.24) is 9.88 Å². The summed E-state index contributed by atoms with van der Waals surface area (Å²) in [4.78, 5) is 9.88. The highest BCUT2D eigenvalue weighted by atomic mass is 16.5. The Morgan fingerprint density at radius 2 is 1.82 bits per heavy atom. The molecule has 3 aromatic rings. The Bertz CT molecular complexity index is 1060. The quantitative estimate of drug-likeness (QED) is 0.358. The molecule has 4 nitrogen and oxygen atoms in total. The van der Waals surface area contributed by atoms with Gasteiger partial charge in [0.15, 0.2) is 0 Å². The normalized spacial score (nSPS) is 17.3. The number of ether oxygens (including phenoxy) is 1. The van der Waals surface area contributed by atoms with Gasteiger partial charge in [0, 0.05) is 23.8 Å². The molecule has 0 unspecified atom stereocenters. The molecule has 4 heteroatoms. The van der Waals surface area contributed by atoms with Gasteiger partial charge in [-0.15, -0.1) is 0 Å². The molecule has 1 saturated heterocycles. The number of rotatable bonds is 9. The predicted octanol–water partition coefficient (Wildman–Crippen LogP) is 6.39. The largest absolute Gasteiger partial charge is 0.494 e. The molecule has 2 aliphatic rings. The van der Waals surface area contributed by atoms with Crippen molar-refractivity contribution in [3.05, 3.63) is 65.9 Å². The van der Waals surface area contributed by atoms with Crippen LogP contribution in [-0.4, -0.2) is 42.7 Å². The van der Waals surface area contributed by atoms with Crippen LogP contribution in [0.15, 0.2) is 54.7 Å². The number of likely N-dealkylation sites (tertiary alicyclic amines) is 1. The average Bonchev–Trinajstić information content (AvgIpc) is 3.30. The van der Waals surface area contributed by atoms with Gasteiger partial charge in [0.2, 0.25) is 0 Å². The summed E-state index contributed by atoms with van der Waals surface area (Å²) < 4.78 is 6.10. The Hall–Kier alpha value is -2.59. The number of fused-ring (bicyclic) bond motifs is 2. The number of benzene rings is 2. The van der Waals surface area contributed by atoms with Crippen molar-refractivity contribution in [3.63, 3.8) is 0 Å². The molecule has 33 heavy (non-hydrogen) atoms. The topological polar surface area (TPSA) is 28.6 Å². The van der Waals surface area contributed by atoms with E-state index in [-0.39, 0.29) is 0 Å². The van der Waals surface area contributed by atoms with Gasteiger partial charge < -0.3 is 14.5 Å². The monoisotopic (exact) mass is 443 g/mol. The third kappa shape index (κ3) is 5.33. The fourth-order valence-electron chi connectivity index (χ4n) is 5.38. The number of nitrogens with zero attached hydrogens (tertiary/aromatic N) is 3. The first kappa shape index (κ1) is 22.2. The molecule has 1 fully saturated rings. The fraction of sp³-hybridized carbons (Fsp3) is 0.483. The van der Waals surface area contributed by atoms with E-state index in [1.807, 2.05) is 6.20 Å². The molecule has 5 rings (SSSR count). The van der Waals surface area contributed by atoms with Gasteiger partial charge in [-0.1, -0.05) is 24.6 Å². The van der Waals surface area contributed by atoms with Gasteiger partial charge in [0.25, 0.3) is 0 Å². The highest BCUT2D eigenvalue weighted by Gasteiger charge is 2.24. The minimum atomic E-state index is 0.301. The van der Waals surface area contributed by atoms with Gasteiger partial charge in [0.1, 0.15) is 5.75 Å². The zero-order valence-corrected chi connectivity index (χ0v) is 20.0.